The lowest BCUT2D eigenvalue weighted by atomic mass is 10.0. The number of hydrogen-bond acceptors (Lipinski definition) is 3. The molecule has 4 nitrogen and oxygen atoms in total. The first kappa shape index (κ1) is 13.7. The normalized spacial score (nSPS) is 15.5. The van der Waals surface area contributed by atoms with E-state index in [1.54, 1.807) is 24.8 Å². The van der Waals surface area contributed by atoms with Crippen molar-refractivity contribution in [3.63, 3.8) is 0 Å². The Morgan fingerprint density at radius 2 is 1.90 bits per heavy atom. The van der Waals surface area contributed by atoms with Gasteiger partial charge in [0.2, 0.25) is 5.56 Å². The molecule has 4 heteroatoms. The van der Waals surface area contributed by atoms with Crippen LogP contribution in [0.1, 0.15) is 24.4 Å². The van der Waals surface area contributed by atoms with Gasteiger partial charge in [0.25, 0.3) is 0 Å². The van der Waals surface area contributed by atoms with Crippen molar-refractivity contribution in [3.8, 4) is 5.75 Å². The maximum absolute atomic E-state index is 11.5. The Bertz CT molecular complexity index is 672. The fraction of sp³-hybridized carbons (Fsp3) is 0.353. The Labute approximate surface area is 124 Å². The molecule has 0 aliphatic heterocycles. The first-order chi connectivity index (χ1) is 10.2. The summed E-state index contributed by atoms with van der Waals surface area (Å²) in [6.45, 7) is 0. The summed E-state index contributed by atoms with van der Waals surface area (Å²) in [6, 6.07) is 11.9. The van der Waals surface area contributed by atoms with Crippen LogP contribution < -0.4 is 15.6 Å². The van der Waals surface area contributed by atoms with Gasteiger partial charge in [0.1, 0.15) is 5.75 Å². The van der Waals surface area contributed by atoms with Crippen molar-refractivity contribution >= 4 is 5.69 Å². The molecule has 1 aromatic heterocycles. The summed E-state index contributed by atoms with van der Waals surface area (Å²) in [5.41, 5.74) is 2.24. The fourth-order valence-corrected chi connectivity index (χ4v) is 2.57. The zero-order valence-electron chi connectivity index (χ0n) is 12.4. The number of hydrogen-bond donors (Lipinski definition) is 1. The van der Waals surface area contributed by atoms with E-state index in [1.807, 2.05) is 24.4 Å². The standard InChI is InChI=1S/C17H20N2O2/c1-19-11-14(7-10-16(19)20)18-17(12-3-4-12)13-5-8-15(21-2)9-6-13/h5-12,17-18H,3-4H2,1-2H3. The van der Waals surface area contributed by atoms with Crippen LogP contribution in [0.25, 0.3) is 0 Å². The highest BCUT2D eigenvalue weighted by Crippen LogP contribution is 2.43. The molecule has 1 unspecified atom stereocenters. The van der Waals surface area contributed by atoms with Gasteiger partial charge in [0, 0.05) is 19.3 Å². The average Bonchev–Trinajstić information content (AvgIpc) is 3.33. The van der Waals surface area contributed by atoms with Crippen molar-refractivity contribution in [1.29, 1.82) is 0 Å². The molecule has 1 aliphatic rings. The Kier molecular flexibility index (Phi) is 3.69. The second kappa shape index (κ2) is 5.64. The van der Waals surface area contributed by atoms with Gasteiger partial charge in [-0.15, -0.1) is 0 Å². The third-order valence-electron chi connectivity index (χ3n) is 3.98. The largest absolute Gasteiger partial charge is 0.497 e. The first-order valence-electron chi connectivity index (χ1n) is 7.24. The van der Waals surface area contributed by atoms with E-state index in [4.69, 9.17) is 4.74 Å². The van der Waals surface area contributed by atoms with E-state index in [2.05, 4.69) is 17.4 Å². The Morgan fingerprint density at radius 1 is 1.19 bits per heavy atom. The number of aryl methyl sites for hydroxylation is 1. The number of benzene rings is 1. The molecule has 3 rings (SSSR count). The summed E-state index contributed by atoms with van der Waals surface area (Å²) in [5, 5.41) is 3.56. The molecule has 0 spiro atoms. The molecule has 2 aromatic rings. The van der Waals surface area contributed by atoms with E-state index in [0.29, 0.717) is 5.92 Å². The first-order valence-corrected chi connectivity index (χ1v) is 7.24. The number of nitrogens with zero attached hydrogens (tertiary/aromatic N) is 1. The summed E-state index contributed by atoms with van der Waals surface area (Å²) in [6.07, 6.45) is 4.34. The maximum atomic E-state index is 11.5. The molecular weight excluding hydrogens is 264 g/mol. The molecular formula is C17H20N2O2. The van der Waals surface area contributed by atoms with E-state index >= 15 is 0 Å². The number of anilines is 1. The number of methoxy groups -OCH3 is 1. The van der Waals surface area contributed by atoms with Crippen LogP contribution in [0, 0.1) is 5.92 Å². The quantitative estimate of drug-likeness (QED) is 0.918. The van der Waals surface area contributed by atoms with Gasteiger partial charge < -0.3 is 14.6 Å². The third-order valence-corrected chi connectivity index (χ3v) is 3.98. The third kappa shape index (κ3) is 3.10. The van der Waals surface area contributed by atoms with Crippen molar-refractivity contribution in [3.05, 3.63) is 58.5 Å². The highest BCUT2D eigenvalue weighted by atomic mass is 16.5. The van der Waals surface area contributed by atoms with Crippen molar-refractivity contribution in [1.82, 2.24) is 4.57 Å². The molecule has 1 aromatic carbocycles. The second-order valence-corrected chi connectivity index (χ2v) is 5.60. The molecule has 0 radical (unpaired) electrons. The van der Waals surface area contributed by atoms with Gasteiger partial charge in [-0.2, -0.15) is 0 Å². The Balaban J connectivity index is 1.83. The number of pyridine rings is 1. The van der Waals surface area contributed by atoms with Crippen molar-refractivity contribution in [2.75, 3.05) is 12.4 Å². The lowest BCUT2D eigenvalue weighted by molar-refractivity contribution is 0.414. The van der Waals surface area contributed by atoms with Crippen LogP contribution in [0.3, 0.4) is 0 Å². The SMILES string of the molecule is COc1ccc(C(Nc2ccc(=O)n(C)c2)C2CC2)cc1. The molecule has 1 saturated carbocycles. The van der Waals surface area contributed by atoms with Crippen LogP contribution in [-0.4, -0.2) is 11.7 Å². The van der Waals surface area contributed by atoms with Gasteiger partial charge in [-0.25, -0.2) is 0 Å². The summed E-state index contributed by atoms with van der Waals surface area (Å²) in [4.78, 5) is 11.5. The van der Waals surface area contributed by atoms with E-state index in [9.17, 15) is 4.79 Å². The van der Waals surface area contributed by atoms with Gasteiger partial charge >= 0.3 is 0 Å². The minimum atomic E-state index is 0.00738. The molecule has 110 valence electrons. The summed E-state index contributed by atoms with van der Waals surface area (Å²) >= 11 is 0. The second-order valence-electron chi connectivity index (χ2n) is 5.60. The molecule has 0 amide bonds. The molecule has 1 heterocycles. The molecule has 1 N–H and O–H groups in total. The highest BCUT2D eigenvalue weighted by Gasteiger charge is 2.32. The summed E-state index contributed by atoms with van der Waals surface area (Å²) in [5.74, 6) is 1.53. The maximum Gasteiger partial charge on any atom is 0.250 e. The average molecular weight is 284 g/mol. The van der Waals surface area contributed by atoms with Gasteiger partial charge in [0.05, 0.1) is 18.8 Å². The number of nitrogens with one attached hydrogen (secondary N) is 1. The molecule has 1 fully saturated rings. The number of rotatable bonds is 5. The van der Waals surface area contributed by atoms with Gasteiger partial charge in [-0.1, -0.05) is 12.1 Å². The van der Waals surface area contributed by atoms with Crippen LogP contribution in [0.2, 0.25) is 0 Å². The molecule has 21 heavy (non-hydrogen) atoms. The van der Waals surface area contributed by atoms with Crippen molar-refractivity contribution in [2.45, 2.75) is 18.9 Å². The minimum absolute atomic E-state index is 0.00738. The number of aromatic nitrogens is 1. The zero-order chi connectivity index (χ0) is 14.8. The van der Waals surface area contributed by atoms with Crippen molar-refractivity contribution in [2.24, 2.45) is 13.0 Å². The predicted molar refractivity (Wildman–Crippen MR) is 83.8 cm³/mol. The lowest BCUT2D eigenvalue weighted by Gasteiger charge is -2.20. The summed E-state index contributed by atoms with van der Waals surface area (Å²) < 4.78 is 6.81. The van der Waals surface area contributed by atoms with Crippen LogP contribution in [0.4, 0.5) is 5.69 Å². The van der Waals surface area contributed by atoms with Crippen molar-refractivity contribution < 1.29 is 4.74 Å². The topological polar surface area (TPSA) is 43.3 Å². The monoisotopic (exact) mass is 284 g/mol. The van der Waals surface area contributed by atoms with Crippen LogP contribution in [0.15, 0.2) is 47.4 Å². The van der Waals surface area contributed by atoms with Gasteiger partial charge in [-0.3, -0.25) is 4.79 Å². The van der Waals surface area contributed by atoms with E-state index in [0.717, 1.165) is 11.4 Å². The van der Waals surface area contributed by atoms with Crippen LogP contribution in [-0.2, 0) is 7.05 Å². The Morgan fingerprint density at radius 3 is 2.48 bits per heavy atom. The van der Waals surface area contributed by atoms with Gasteiger partial charge in [0.15, 0.2) is 0 Å². The van der Waals surface area contributed by atoms with Gasteiger partial charge in [-0.05, 0) is 42.5 Å². The molecule has 0 bridgehead atoms. The highest BCUT2D eigenvalue weighted by molar-refractivity contribution is 5.44. The van der Waals surface area contributed by atoms with Crippen LogP contribution >= 0.6 is 0 Å². The van der Waals surface area contributed by atoms with E-state index in [-0.39, 0.29) is 11.6 Å². The summed E-state index contributed by atoms with van der Waals surface area (Å²) in [7, 11) is 3.45. The molecule has 0 saturated heterocycles. The van der Waals surface area contributed by atoms with Crippen LogP contribution in [0.5, 0.6) is 5.75 Å². The smallest absolute Gasteiger partial charge is 0.250 e. The fourth-order valence-electron chi connectivity index (χ4n) is 2.57. The zero-order valence-corrected chi connectivity index (χ0v) is 12.4. The molecule has 1 aliphatic carbocycles. The van der Waals surface area contributed by atoms with E-state index < -0.39 is 0 Å². The Hall–Kier alpha value is -2.23. The number of ether oxygens (including phenoxy) is 1. The molecule has 1 atom stereocenters. The minimum Gasteiger partial charge on any atom is -0.497 e. The predicted octanol–water partition coefficient (Wildman–Crippen LogP) is 2.96. The van der Waals surface area contributed by atoms with E-state index in [1.165, 1.54) is 18.4 Å². The lowest BCUT2D eigenvalue weighted by Crippen LogP contribution is -2.18.